The average Bonchev–Trinajstić information content (AvgIpc) is 3.39. The molecule has 9 nitrogen and oxygen atoms in total. The van der Waals surface area contributed by atoms with Gasteiger partial charge in [-0.05, 0) is 88.5 Å². The van der Waals surface area contributed by atoms with E-state index in [0.29, 0.717) is 49.3 Å². The lowest BCUT2D eigenvalue weighted by Gasteiger charge is -2.28. The minimum absolute atomic E-state index is 0.208. The first-order valence-corrected chi connectivity index (χ1v) is 15.2. The molecule has 1 aromatic heterocycles. The molecule has 1 unspecified atom stereocenters. The molecule has 2 amide bonds. The fourth-order valence-electron chi connectivity index (χ4n) is 6.43. The Morgan fingerprint density at radius 1 is 1.14 bits per heavy atom. The Labute approximate surface area is 251 Å². The van der Waals surface area contributed by atoms with E-state index < -0.39 is 23.2 Å². The molecular formula is C32H40F2N6O3. The molecule has 2 saturated heterocycles. The number of carbonyl (C=O) groups excluding carboxylic acids is 1. The molecule has 3 atom stereocenters. The van der Waals surface area contributed by atoms with Crippen LogP contribution in [-0.2, 0) is 4.84 Å². The van der Waals surface area contributed by atoms with Crippen LogP contribution in [-0.4, -0.2) is 71.7 Å². The third-order valence-electron chi connectivity index (χ3n) is 9.18. The predicted molar refractivity (Wildman–Crippen MR) is 159 cm³/mol. The van der Waals surface area contributed by atoms with Crippen molar-refractivity contribution in [3.05, 3.63) is 71.3 Å². The summed E-state index contributed by atoms with van der Waals surface area (Å²) >= 11 is 0. The highest BCUT2D eigenvalue weighted by atomic mass is 19.2. The van der Waals surface area contributed by atoms with Crippen molar-refractivity contribution in [3.63, 3.8) is 0 Å². The van der Waals surface area contributed by atoms with Crippen molar-refractivity contribution < 1.29 is 23.1 Å². The molecule has 2 N–H and O–H groups in total. The predicted octanol–water partition coefficient (Wildman–Crippen LogP) is 5.46. The van der Waals surface area contributed by atoms with E-state index in [1.807, 2.05) is 49.2 Å². The summed E-state index contributed by atoms with van der Waals surface area (Å²) < 4.78 is 35.6. The molecule has 3 fully saturated rings. The zero-order valence-corrected chi connectivity index (χ0v) is 25.0. The molecule has 230 valence electrons. The summed E-state index contributed by atoms with van der Waals surface area (Å²) in [6, 6.07) is 12.9. The van der Waals surface area contributed by atoms with Crippen molar-refractivity contribution in [3.8, 4) is 11.6 Å². The fourth-order valence-corrected chi connectivity index (χ4v) is 6.43. The van der Waals surface area contributed by atoms with Gasteiger partial charge in [0.15, 0.2) is 11.6 Å². The number of hydrogen-bond donors (Lipinski definition) is 2. The van der Waals surface area contributed by atoms with Crippen LogP contribution in [0.1, 0.15) is 49.8 Å². The van der Waals surface area contributed by atoms with Gasteiger partial charge in [0.05, 0.1) is 17.9 Å². The van der Waals surface area contributed by atoms with E-state index in [2.05, 4.69) is 22.6 Å². The topological polar surface area (TPSA) is 83.9 Å². The quantitative estimate of drug-likeness (QED) is 0.343. The van der Waals surface area contributed by atoms with E-state index in [9.17, 15) is 13.6 Å². The van der Waals surface area contributed by atoms with E-state index in [4.69, 9.17) is 14.7 Å². The minimum atomic E-state index is -0.914. The van der Waals surface area contributed by atoms with Crippen LogP contribution in [0, 0.1) is 29.9 Å². The van der Waals surface area contributed by atoms with Crippen molar-refractivity contribution in [1.29, 1.82) is 0 Å². The van der Waals surface area contributed by atoms with Crippen molar-refractivity contribution in [2.75, 3.05) is 45.2 Å². The zero-order chi connectivity index (χ0) is 30.1. The molecule has 3 heterocycles. The normalized spacial score (nSPS) is 24.4. The second kappa shape index (κ2) is 12.2. The molecule has 2 aliphatic heterocycles. The first-order valence-electron chi connectivity index (χ1n) is 15.2. The third kappa shape index (κ3) is 6.11. The number of amides is 2. The van der Waals surface area contributed by atoms with Crippen LogP contribution >= 0.6 is 0 Å². The Hall–Kier alpha value is -3.54. The van der Waals surface area contributed by atoms with Gasteiger partial charge in [-0.3, -0.25) is 10.2 Å². The maximum atomic E-state index is 14.1. The molecule has 11 heteroatoms. The van der Waals surface area contributed by atoms with Crippen LogP contribution in [0.2, 0.25) is 0 Å². The number of hydrogen-bond acceptors (Lipinski definition) is 6. The van der Waals surface area contributed by atoms with Gasteiger partial charge in [-0.1, -0.05) is 31.2 Å². The number of ether oxygens (including phenoxy) is 1. The number of rotatable bonds is 9. The summed E-state index contributed by atoms with van der Waals surface area (Å²) in [5, 5.41) is 12.7. The summed E-state index contributed by atoms with van der Waals surface area (Å²) in [5.41, 5.74) is 1.66. The van der Waals surface area contributed by atoms with Crippen molar-refractivity contribution >= 4 is 11.8 Å². The number of nitrogens with one attached hydrogen (secondary N) is 2. The van der Waals surface area contributed by atoms with E-state index >= 15 is 0 Å². The number of carbonyl (C=O) groups is 1. The second-order valence-electron chi connectivity index (χ2n) is 12.1. The van der Waals surface area contributed by atoms with Crippen LogP contribution in [0.3, 0.4) is 0 Å². The number of likely N-dealkylation sites (tertiary alicyclic amines) is 1. The van der Waals surface area contributed by atoms with E-state index in [-0.39, 0.29) is 12.1 Å². The molecule has 3 aliphatic rings. The van der Waals surface area contributed by atoms with Gasteiger partial charge >= 0.3 is 6.03 Å². The number of piperidine rings is 1. The number of hydroxylamine groups is 2. The van der Waals surface area contributed by atoms with Crippen molar-refractivity contribution in [2.24, 2.45) is 11.3 Å². The Balaban J connectivity index is 1.16. The van der Waals surface area contributed by atoms with E-state index in [1.165, 1.54) is 18.9 Å². The number of para-hydroxylation sites is 1. The van der Waals surface area contributed by atoms with Crippen molar-refractivity contribution in [2.45, 2.75) is 51.7 Å². The molecule has 1 saturated carbocycles. The number of halogens is 2. The summed E-state index contributed by atoms with van der Waals surface area (Å²) in [7, 11) is 2.16. The average molecular weight is 595 g/mol. The molecule has 1 spiro atoms. The molecule has 1 aliphatic carbocycles. The number of nitrogens with zero attached hydrogens (tertiary/aromatic N) is 4. The van der Waals surface area contributed by atoms with Crippen LogP contribution in [0.25, 0.3) is 5.69 Å². The summed E-state index contributed by atoms with van der Waals surface area (Å²) in [4.78, 5) is 21.9. The summed E-state index contributed by atoms with van der Waals surface area (Å²) in [6.45, 7) is 7.88. The molecule has 2 aromatic carbocycles. The lowest BCUT2D eigenvalue weighted by atomic mass is 9.92. The third-order valence-corrected chi connectivity index (χ3v) is 9.18. The molecule has 6 rings (SSSR count). The highest BCUT2D eigenvalue weighted by molar-refractivity contribution is 5.90. The maximum absolute atomic E-state index is 14.1. The maximum Gasteiger partial charge on any atom is 0.320 e. The lowest BCUT2D eigenvalue weighted by Crippen LogP contribution is -2.36. The van der Waals surface area contributed by atoms with Gasteiger partial charge in [-0.15, -0.1) is 5.10 Å². The first kappa shape index (κ1) is 29.5. The number of urea groups is 1. The standard InChI is InChI=1S/C32H40F2N6O3/c1-4-39-20-32(28(43-39)23-10-11-25(33)26(34)18-23)19-27(32)35-31(41)36-29-21(2)30(37-40(29)24-8-6-5-7-9-24)42-17-14-22-12-15-38(3)16-13-22/h5-11,18,22,27-28H,4,12-17,19-20H2,1-3H3,(H2,35,36,41)/t27-,28?,32+/m0/s1. The monoisotopic (exact) mass is 594 g/mol. The number of aromatic nitrogens is 2. The van der Waals surface area contributed by atoms with Crippen LogP contribution in [0.15, 0.2) is 48.5 Å². The Kier molecular flexibility index (Phi) is 8.39. The molecule has 3 aromatic rings. The van der Waals surface area contributed by atoms with Gasteiger partial charge < -0.3 is 15.0 Å². The summed E-state index contributed by atoms with van der Waals surface area (Å²) in [5.74, 6) is -0.147. The number of anilines is 1. The second-order valence-corrected chi connectivity index (χ2v) is 12.1. The molecule has 0 radical (unpaired) electrons. The van der Waals surface area contributed by atoms with E-state index in [0.717, 1.165) is 36.8 Å². The van der Waals surface area contributed by atoms with Gasteiger partial charge in [-0.2, -0.15) is 5.06 Å². The largest absolute Gasteiger partial charge is 0.476 e. The van der Waals surface area contributed by atoms with Crippen LogP contribution < -0.4 is 15.4 Å². The zero-order valence-electron chi connectivity index (χ0n) is 25.0. The van der Waals surface area contributed by atoms with Crippen LogP contribution in [0.5, 0.6) is 5.88 Å². The molecule has 0 bridgehead atoms. The molecular weight excluding hydrogens is 554 g/mol. The van der Waals surface area contributed by atoms with Gasteiger partial charge in [0, 0.05) is 24.5 Å². The van der Waals surface area contributed by atoms with Gasteiger partial charge in [-0.25, -0.2) is 18.3 Å². The Bertz CT molecular complexity index is 1440. The van der Waals surface area contributed by atoms with Crippen LogP contribution in [0.4, 0.5) is 19.4 Å². The van der Waals surface area contributed by atoms with Crippen molar-refractivity contribution in [1.82, 2.24) is 25.1 Å². The number of benzene rings is 2. The highest BCUT2D eigenvalue weighted by Crippen LogP contribution is 2.60. The van der Waals surface area contributed by atoms with Gasteiger partial charge in [0.1, 0.15) is 11.9 Å². The lowest BCUT2D eigenvalue weighted by molar-refractivity contribution is -0.146. The minimum Gasteiger partial charge on any atom is -0.476 e. The smallest absolute Gasteiger partial charge is 0.320 e. The fraction of sp³-hybridized carbons (Fsp3) is 0.500. The van der Waals surface area contributed by atoms with Gasteiger partial charge in [0.2, 0.25) is 5.88 Å². The first-order chi connectivity index (χ1) is 20.8. The van der Waals surface area contributed by atoms with E-state index in [1.54, 1.807) is 10.7 Å². The molecule has 43 heavy (non-hydrogen) atoms. The summed E-state index contributed by atoms with van der Waals surface area (Å²) in [6.07, 6.45) is 3.47. The SMILES string of the molecule is CCN1C[C@@]2(C[C@@H]2NC(=O)Nc2c(C)c(OCCC3CCN(C)CC3)nn2-c2ccccc2)C(c2ccc(F)c(F)c2)O1. The Morgan fingerprint density at radius 2 is 1.91 bits per heavy atom. The Morgan fingerprint density at radius 3 is 2.63 bits per heavy atom. The highest BCUT2D eigenvalue weighted by Gasteiger charge is 2.65. The van der Waals surface area contributed by atoms with Gasteiger partial charge in [0.25, 0.3) is 0 Å².